The minimum Gasteiger partial charge on any atom is -0.508 e. The lowest BCUT2D eigenvalue weighted by atomic mass is 9.90. The van der Waals surface area contributed by atoms with Crippen molar-refractivity contribution >= 4 is 23.7 Å². The summed E-state index contributed by atoms with van der Waals surface area (Å²) < 4.78 is 10.2. The molecule has 0 aromatic heterocycles. The number of rotatable bonds is 12. The molecule has 0 spiro atoms. The van der Waals surface area contributed by atoms with Crippen LogP contribution in [0.5, 0.6) is 23.0 Å². The molecule has 1 saturated heterocycles. The molecule has 3 atom stereocenters. The van der Waals surface area contributed by atoms with Crippen LogP contribution in [-0.2, 0) is 19.2 Å². The Morgan fingerprint density at radius 1 is 1.00 bits per heavy atom. The Kier molecular flexibility index (Phi) is 8.76. The molecule has 13 nitrogen and oxygen atoms in total. The molecule has 0 aliphatic carbocycles. The van der Waals surface area contributed by atoms with Crippen molar-refractivity contribution in [2.45, 2.75) is 18.0 Å². The molecule has 0 radical (unpaired) electrons. The SMILES string of the molecule is COc1ccc(O)c(C2C(=O)CN(CCN(CC(=O)O)C(C(=O)O)c3cc(OC)ccc3O)C2C(=O)O)c1. The number of ketones is 1. The second-order valence-electron chi connectivity index (χ2n) is 8.65. The van der Waals surface area contributed by atoms with E-state index in [1.807, 2.05) is 0 Å². The number of hydrogen-bond donors (Lipinski definition) is 5. The van der Waals surface area contributed by atoms with Crippen molar-refractivity contribution in [2.75, 3.05) is 40.4 Å². The van der Waals surface area contributed by atoms with Crippen molar-refractivity contribution < 1.29 is 54.2 Å². The highest BCUT2D eigenvalue weighted by Crippen LogP contribution is 2.38. The van der Waals surface area contributed by atoms with Crippen LogP contribution >= 0.6 is 0 Å². The van der Waals surface area contributed by atoms with Crippen LogP contribution in [0.25, 0.3) is 0 Å². The third kappa shape index (κ3) is 5.95. The van der Waals surface area contributed by atoms with E-state index in [1.165, 1.54) is 55.5 Å². The summed E-state index contributed by atoms with van der Waals surface area (Å²) in [7, 11) is 2.72. The summed E-state index contributed by atoms with van der Waals surface area (Å²) in [6, 6.07) is 4.96. The van der Waals surface area contributed by atoms with Crippen LogP contribution in [0.3, 0.4) is 0 Å². The third-order valence-electron chi connectivity index (χ3n) is 6.38. The minimum absolute atomic E-state index is 0.0661. The summed E-state index contributed by atoms with van der Waals surface area (Å²) in [6.07, 6.45) is 0. The standard InChI is InChI=1S/C25H28N2O11/c1-37-13-3-5-17(28)15(9-13)21-19(30)11-26(23(21)25(35)36)7-8-27(12-20(31)32)22(24(33)34)16-10-14(38-2)4-6-18(16)29/h3-6,9-10,21-23,28-29H,7-8,11-12H2,1-2H3,(H,31,32)(H,33,34)(H,35,36). The largest absolute Gasteiger partial charge is 0.508 e. The number of benzene rings is 2. The van der Waals surface area contributed by atoms with Crippen LogP contribution in [0.1, 0.15) is 23.1 Å². The van der Waals surface area contributed by atoms with E-state index >= 15 is 0 Å². The van der Waals surface area contributed by atoms with Gasteiger partial charge < -0.3 is 35.0 Å². The van der Waals surface area contributed by atoms with Crippen molar-refractivity contribution in [3.05, 3.63) is 47.5 Å². The van der Waals surface area contributed by atoms with Gasteiger partial charge in [0.05, 0.1) is 33.2 Å². The molecule has 1 aliphatic heterocycles. The molecule has 1 heterocycles. The van der Waals surface area contributed by atoms with Gasteiger partial charge in [0.25, 0.3) is 0 Å². The molecule has 13 heteroatoms. The highest BCUT2D eigenvalue weighted by molar-refractivity contribution is 5.97. The lowest BCUT2D eigenvalue weighted by Gasteiger charge is -2.31. The van der Waals surface area contributed by atoms with Crippen LogP contribution < -0.4 is 9.47 Å². The van der Waals surface area contributed by atoms with E-state index < -0.39 is 54.0 Å². The van der Waals surface area contributed by atoms with Crippen LogP contribution in [0, 0.1) is 0 Å². The number of carboxylic acids is 3. The maximum atomic E-state index is 12.9. The number of methoxy groups -OCH3 is 2. The maximum absolute atomic E-state index is 12.9. The number of carboxylic acid groups (broad SMARTS) is 3. The molecule has 3 unspecified atom stereocenters. The number of Topliss-reactive ketones (excluding diaryl/α,β-unsaturated/α-hetero) is 1. The number of phenolic OH excluding ortho intramolecular Hbond substituents is 2. The number of phenols is 2. The Labute approximate surface area is 217 Å². The van der Waals surface area contributed by atoms with Gasteiger partial charge in [-0.05, 0) is 36.4 Å². The zero-order valence-corrected chi connectivity index (χ0v) is 20.6. The summed E-state index contributed by atoms with van der Waals surface area (Å²) in [5, 5.41) is 50.1. The van der Waals surface area contributed by atoms with E-state index in [4.69, 9.17) is 9.47 Å². The van der Waals surface area contributed by atoms with Crippen molar-refractivity contribution in [1.29, 1.82) is 0 Å². The molecule has 0 bridgehead atoms. The molecule has 1 aliphatic rings. The molecule has 3 rings (SSSR count). The first-order chi connectivity index (χ1) is 18.0. The van der Waals surface area contributed by atoms with Crippen LogP contribution in [0.4, 0.5) is 0 Å². The van der Waals surface area contributed by atoms with Gasteiger partial charge in [0.2, 0.25) is 0 Å². The van der Waals surface area contributed by atoms with Crippen LogP contribution in [0.15, 0.2) is 36.4 Å². The Morgan fingerprint density at radius 3 is 2.16 bits per heavy atom. The number of aromatic hydroxyl groups is 2. The van der Waals surface area contributed by atoms with Crippen molar-refractivity contribution in [2.24, 2.45) is 0 Å². The fraction of sp³-hybridized carbons (Fsp3) is 0.360. The molecular weight excluding hydrogens is 504 g/mol. The lowest BCUT2D eigenvalue weighted by molar-refractivity contribution is -0.148. The summed E-state index contributed by atoms with van der Waals surface area (Å²) in [5.74, 6) is -6.05. The summed E-state index contributed by atoms with van der Waals surface area (Å²) >= 11 is 0. The fourth-order valence-corrected chi connectivity index (χ4v) is 4.65. The molecule has 1 fully saturated rings. The Hall–Kier alpha value is -4.36. The first kappa shape index (κ1) is 28.2. The minimum atomic E-state index is -1.62. The molecule has 5 N–H and O–H groups in total. The van der Waals surface area contributed by atoms with E-state index in [0.717, 1.165) is 4.90 Å². The lowest BCUT2D eigenvalue weighted by Crippen LogP contribution is -2.46. The predicted molar refractivity (Wildman–Crippen MR) is 130 cm³/mol. The van der Waals surface area contributed by atoms with E-state index in [9.17, 15) is 44.7 Å². The number of carbonyl (C=O) groups is 4. The van der Waals surface area contributed by atoms with Gasteiger partial charge in [-0.2, -0.15) is 0 Å². The van der Waals surface area contributed by atoms with Gasteiger partial charge in [-0.1, -0.05) is 0 Å². The molecule has 204 valence electrons. The van der Waals surface area contributed by atoms with Gasteiger partial charge >= 0.3 is 17.9 Å². The summed E-state index contributed by atoms with van der Waals surface area (Å²) in [4.78, 5) is 51.4. The van der Waals surface area contributed by atoms with Crippen molar-refractivity contribution in [3.63, 3.8) is 0 Å². The normalized spacial score (nSPS) is 18.3. The monoisotopic (exact) mass is 532 g/mol. The highest BCUT2D eigenvalue weighted by atomic mass is 16.5. The third-order valence-corrected chi connectivity index (χ3v) is 6.38. The average molecular weight is 533 g/mol. The molecule has 38 heavy (non-hydrogen) atoms. The van der Waals surface area contributed by atoms with E-state index in [0.29, 0.717) is 5.75 Å². The van der Waals surface area contributed by atoms with Gasteiger partial charge in [-0.25, -0.2) is 0 Å². The highest BCUT2D eigenvalue weighted by Gasteiger charge is 2.47. The topological polar surface area (TPSA) is 194 Å². The summed E-state index contributed by atoms with van der Waals surface area (Å²) in [6.45, 7) is -1.58. The molecule has 2 aromatic rings. The van der Waals surface area contributed by atoms with Gasteiger partial charge in [-0.3, -0.25) is 29.0 Å². The summed E-state index contributed by atoms with van der Waals surface area (Å²) in [5.41, 5.74) is -0.0547. The van der Waals surface area contributed by atoms with E-state index in [1.54, 1.807) is 0 Å². The predicted octanol–water partition coefficient (Wildman–Crippen LogP) is 0.749. The smallest absolute Gasteiger partial charge is 0.325 e. The zero-order chi connectivity index (χ0) is 28.1. The average Bonchev–Trinajstić information content (AvgIpc) is 3.19. The van der Waals surface area contributed by atoms with Crippen molar-refractivity contribution in [1.82, 2.24) is 9.80 Å². The first-order valence-electron chi connectivity index (χ1n) is 11.4. The zero-order valence-electron chi connectivity index (χ0n) is 20.6. The second kappa shape index (κ2) is 11.8. The number of hydrogen-bond acceptors (Lipinski definition) is 10. The molecule has 2 aromatic carbocycles. The fourth-order valence-electron chi connectivity index (χ4n) is 4.65. The Bertz CT molecular complexity index is 1230. The first-order valence-corrected chi connectivity index (χ1v) is 11.4. The van der Waals surface area contributed by atoms with E-state index in [2.05, 4.69) is 0 Å². The number of ether oxygens (including phenoxy) is 2. The van der Waals surface area contributed by atoms with Crippen LogP contribution in [0.2, 0.25) is 0 Å². The molecule has 0 amide bonds. The van der Waals surface area contributed by atoms with Crippen LogP contribution in [-0.4, -0.2) is 105 Å². The van der Waals surface area contributed by atoms with E-state index in [-0.39, 0.29) is 42.3 Å². The quantitative estimate of drug-likeness (QED) is 0.257. The Morgan fingerprint density at radius 2 is 1.61 bits per heavy atom. The number of carbonyl (C=O) groups excluding carboxylic acids is 1. The number of nitrogens with zero attached hydrogens (tertiary/aromatic N) is 2. The maximum Gasteiger partial charge on any atom is 0.325 e. The van der Waals surface area contributed by atoms with Gasteiger partial charge in [-0.15, -0.1) is 0 Å². The second-order valence-corrected chi connectivity index (χ2v) is 8.65. The molecule has 0 saturated carbocycles. The number of likely N-dealkylation sites (tertiary alicyclic amines) is 1. The molecular formula is C25H28N2O11. The van der Waals surface area contributed by atoms with Crippen molar-refractivity contribution in [3.8, 4) is 23.0 Å². The van der Waals surface area contributed by atoms with Gasteiger partial charge in [0.15, 0.2) is 5.78 Å². The Balaban J connectivity index is 1.93. The van der Waals surface area contributed by atoms with Gasteiger partial charge in [0.1, 0.15) is 35.1 Å². The number of aliphatic carboxylic acids is 3. The van der Waals surface area contributed by atoms with Gasteiger partial charge in [0, 0.05) is 24.2 Å².